The van der Waals surface area contributed by atoms with E-state index in [2.05, 4.69) is 4.98 Å². The first kappa shape index (κ1) is 26.7. The number of aromatic amines is 1. The molecule has 0 spiro atoms. The zero-order valence-corrected chi connectivity index (χ0v) is 21.3. The second kappa shape index (κ2) is 12.7. The summed E-state index contributed by atoms with van der Waals surface area (Å²) in [6.07, 6.45) is 1.99. The van der Waals surface area contributed by atoms with Gasteiger partial charge < -0.3 is 29.2 Å². The fourth-order valence-corrected chi connectivity index (χ4v) is 3.98. The van der Waals surface area contributed by atoms with Crippen LogP contribution in [0.25, 0.3) is 11.1 Å². The van der Waals surface area contributed by atoms with Crippen molar-refractivity contribution < 1.29 is 24.1 Å². The lowest BCUT2D eigenvalue weighted by molar-refractivity contribution is -0.129. The Kier molecular flexibility index (Phi) is 9.39. The van der Waals surface area contributed by atoms with Crippen molar-refractivity contribution in [3.05, 3.63) is 70.1 Å². The predicted octanol–water partition coefficient (Wildman–Crippen LogP) is 4.19. The highest BCUT2D eigenvalue weighted by Crippen LogP contribution is 2.44. The lowest BCUT2D eigenvalue weighted by Crippen LogP contribution is -2.33. The molecule has 8 heteroatoms. The van der Waals surface area contributed by atoms with Gasteiger partial charge in [0.25, 0.3) is 5.56 Å². The number of aromatic hydroxyl groups is 1. The molecule has 0 unspecified atom stereocenters. The van der Waals surface area contributed by atoms with Gasteiger partial charge >= 0.3 is 0 Å². The number of methoxy groups -OCH3 is 2. The summed E-state index contributed by atoms with van der Waals surface area (Å²) in [6.45, 7) is 2.67. The van der Waals surface area contributed by atoms with Crippen molar-refractivity contribution in [2.75, 3.05) is 34.4 Å². The van der Waals surface area contributed by atoms with Gasteiger partial charge in [0.1, 0.15) is 29.6 Å². The quantitative estimate of drug-likeness (QED) is 0.392. The number of aromatic nitrogens is 1. The number of aryl methyl sites for hydroxylation is 1. The third-order valence-corrected chi connectivity index (χ3v) is 6.01. The standard InChI is InChI=1S/C28H34N2O6/c1-5-6-13-21-25(26-22(34-3)14-10-15-23(26)35-4)27(32)20(28(33)29-21)18-24(31)30(2)16-17-36-19-11-8-7-9-12-19/h7-12,14-15H,5-6,13,16-18H2,1-4H3,(H2,29,32,33). The first-order valence-electron chi connectivity index (χ1n) is 12.0. The van der Waals surface area contributed by atoms with Crippen LogP contribution in [0.15, 0.2) is 53.3 Å². The van der Waals surface area contributed by atoms with E-state index in [1.165, 1.54) is 19.1 Å². The van der Waals surface area contributed by atoms with E-state index < -0.39 is 5.56 Å². The lowest BCUT2D eigenvalue weighted by Gasteiger charge is -2.20. The number of unbranched alkanes of at least 4 members (excludes halogenated alkanes) is 1. The van der Waals surface area contributed by atoms with Crippen molar-refractivity contribution >= 4 is 5.91 Å². The average Bonchev–Trinajstić information content (AvgIpc) is 2.89. The van der Waals surface area contributed by atoms with Gasteiger partial charge in [0.2, 0.25) is 5.91 Å². The maximum absolute atomic E-state index is 13.0. The fraction of sp³-hybridized carbons (Fsp3) is 0.357. The maximum atomic E-state index is 13.0. The van der Waals surface area contributed by atoms with E-state index in [4.69, 9.17) is 14.2 Å². The molecule has 2 aromatic carbocycles. The number of ether oxygens (including phenoxy) is 3. The van der Waals surface area contributed by atoms with Gasteiger partial charge in [-0.25, -0.2) is 0 Å². The van der Waals surface area contributed by atoms with Crippen molar-refractivity contribution in [1.29, 1.82) is 0 Å². The first-order chi connectivity index (χ1) is 17.4. The Labute approximate surface area is 211 Å². The number of benzene rings is 2. The molecule has 0 aliphatic carbocycles. The summed E-state index contributed by atoms with van der Waals surface area (Å²) in [5.74, 6) is 1.14. The SMILES string of the molecule is CCCCc1[nH]c(=O)c(CC(=O)N(C)CCOc2ccccc2)c(O)c1-c1c(OC)cccc1OC. The van der Waals surface area contributed by atoms with Gasteiger partial charge in [-0.05, 0) is 37.1 Å². The number of hydrogen-bond donors (Lipinski definition) is 2. The van der Waals surface area contributed by atoms with Crippen LogP contribution in [0, 0.1) is 0 Å². The summed E-state index contributed by atoms with van der Waals surface area (Å²) in [5, 5.41) is 11.4. The third-order valence-electron chi connectivity index (χ3n) is 6.01. The summed E-state index contributed by atoms with van der Waals surface area (Å²) in [5.41, 5.74) is 1.02. The molecule has 3 aromatic rings. The molecule has 36 heavy (non-hydrogen) atoms. The summed E-state index contributed by atoms with van der Waals surface area (Å²) in [4.78, 5) is 30.4. The van der Waals surface area contributed by atoms with E-state index in [-0.39, 0.29) is 23.6 Å². The van der Waals surface area contributed by atoms with Gasteiger partial charge in [0, 0.05) is 12.7 Å². The van der Waals surface area contributed by atoms with E-state index in [0.29, 0.717) is 53.6 Å². The Balaban J connectivity index is 1.92. The molecular weight excluding hydrogens is 460 g/mol. The molecule has 2 N–H and O–H groups in total. The maximum Gasteiger partial charge on any atom is 0.255 e. The Morgan fingerprint density at radius 3 is 2.28 bits per heavy atom. The van der Waals surface area contributed by atoms with Crippen LogP contribution in [0.3, 0.4) is 0 Å². The molecule has 0 atom stereocenters. The van der Waals surface area contributed by atoms with Crippen molar-refractivity contribution in [2.24, 2.45) is 0 Å². The molecule has 0 bridgehead atoms. The number of H-pyrrole nitrogens is 1. The van der Waals surface area contributed by atoms with Crippen LogP contribution >= 0.6 is 0 Å². The number of amides is 1. The topological polar surface area (TPSA) is 101 Å². The normalized spacial score (nSPS) is 10.7. The summed E-state index contributed by atoms with van der Waals surface area (Å²) >= 11 is 0. The van der Waals surface area contributed by atoms with E-state index in [1.807, 2.05) is 37.3 Å². The summed E-state index contributed by atoms with van der Waals surface area (Å²) < 4.78 is 16.8. The minimum atomic E-state index is -0.487. The lowest BCUT2D eigenvalue weighted by atomic mass is 9.95. The number of pyridine rings is 1. The number of rotatable bonds is 12. The smallest absolute Gasteiger partial charge is 0.255 e. The van der Waals surface area contributed by atoms with Crippen LogP contribution < -0.4 is 19.8 Å². The average molecular weight is 495 g/mol. The molecule has 3 rings (SSSR count). The van der Waals surface area contributed by atoms with Gasteiger partial charge in [-0.3, -0.25) is 9.59 Å². The zero-order valence-electron chi connectivity index (χ0n) is 21.3. The van der Waals surface area contributed by atoms with Gasteiger partial charge in [0.05, 0.1) is 43.9 Å². The fourth-order valence-electron chi connectivity index (χ4n) is 3.98. The second-order valence-corrected chi connectivity index (χ2v) is 8.43. The first-order valence-corrected chi connectivity index (χ1v) is 12.0. The summed E-state index contributed by atoms with van der Waals surface area (Å²) in [6, 6.07) is 14.6. The Bertz CT molecular complexity index is 1200. The number of carbonyl (C=O) groups excluding carboxylic acids is 1. The number of carbonyl (C=O) groups is 1. The van der Waals surface area contributed by atoms with Crippen molar-refractivity contribution in [3.63, 3.8) is 0 Å². The van der Waals surface area contributed by atoms with Gasteiger partial charge in [0.15, 0.2) is 0 Å². The van der Waals surface area contributed by atoms with Crippen molar-refractivity contribution in [3.8, 4) is 34.1 Å². The number of para-hydroxylation sites is 1. The van der Waals surface area contributed by atoms with Crippen LogP contribution in [-0.2, 0) is 17.6 Å². The Morgan fingerprint density at radius 2 is 1.67 bits per heavy atom. The largest absolute Gasteiger partial charge is 0.507 e. The van der Waals surface area contributed by atoms with Crippen LogP contribution in [-0.4, -0.2) is 55.3 Å². The molecule has 0 aliphatic heterocycles. The second-order valence-electron chi connectivity index (χ2n) is 8.43. The molecule has 0 aliphatic rings. The number of nitrogens with zero attached hydrogens (tertiary/aromatic N) is 1. The van der Waals surface area contributed by atoms with Gasteiger partial charge in [-0.1, -0.05) is 37.6 Å². The van der Waals surface area contributed by atoms with E-state index in [9.17, 15) is 14.7 Å². The minimum absolute atomic E-state index is 0.000893. The molecule has 1 amide bonds. The van der Waals surface area contributed by atoms with E-state index >= 15 is 0 Å². The third kappa shape index (κ3) is 6.19. The molecule has 0 saturated carbocycles. The summed E-state index contributed by atoms with van der Waals surface area (Å²) in [7, 11) is 4.70. The van der Waals surface area contributed by atoms with Crippen molar-refractivity contribution in [2.45, 2.75) is 32.6 Å². The highest BCUT2D eigenvalue weighted by molar-refractivity contribution is 5.86. The van der Waals surface area contributed by atoms with Gasteiger partial charge in [-0.2, -0.15) is 0 Å². The van der Waals surface area contributed by atoms with Crippen molar-refractivity contribution in [1.82, 2.24) is 9.88 Å². The molecule has 0 radical (unpaired) electrons. The highest BCUT2D eigenvalue weighted by atomic mass is 16.5. The Hall–Kier alpha value is -3.94. The van der Waals surface area contributed by atoms with Crippen LogP contribution in [0.4, 0.5) is 0 Å². The molecular formula is C28H34N2O6. The molecule has 0 saturated heterocycles. The molecule has 1 heterocycles. The molecule has 192 valence electrons. The minimum Gasteiger partial charge on any atom is -0.507 e. The zero-order chi connectivity index (χ0) is 26.1. The number of likely N-dealkylation sites (N-methyl/N-ethyl adjacent to an activating group) is 1. The van der Waals surface area contributed by atoms with E-state index in [0.717, 1.165) is 12.8 Å². The predicted molar refractivity (Wildman–Crippen MR) is 139 cm³/mol. The van der Waals surface area contributed by atoms with Crippen LogP contribution in [0.2, 0.25) is 0 Å². The molecule has 8 nitrogen and oxygen atoms in total. The molecule has 1 aromatic heterocycles. The Morgan fingerprint density at radius 1 is 1.00 bits per heavy atom. The number of hydrogen-bond acceptors (Lipinski definition) is 6. The van der Waals surface area contributed by atoms with Gasteiger partial charge in [-0.15, -0.1) is 0 Å². The van der Waals surface area contributed by atoms with Crippen LogP contribution in [0.1, 0.15) is 31.0 Å². The van der Waals surface area contributed by atoms with E-state index in [1.54, 1.807) is 25.2 Å². The highest BCUT2D eigenvalue weighted by Gasteiger charge is 2.25. The van der Waals surface area contributed by atoms with Crippen LogP contribution in [0.5, 0.6) is 23.0 Å². The monoisotopic (exact) mass is 494 g/mol. The number of nitrogens with one attached hydrogen (secondary N) is 1. The molecule has 0 fully saturated rings.